The fourth-order valence-electron chi connectivity index (χ4n) is 3.12. The lowest BCUT2D eigenvalue weighted by atomic mass is 9.95. The Labute approximate surface area is 159 Å². The van der Waals surface area contributed by atoms with Crippen molar-refractivity contribution in [1.82, 2.24) is 9.71 Å². The van der Waals surface area contributed by atoms with Gasteiger partial charge in [0.2, 0.25) is 15.9 Å². The monoisotopic (exact) mass is 388 g/mol. The minimum Gasteiger partial charge on any atom is -0.371 e. The Kier molecular flexibility index (Phi) is 6.08. The summed E-state index contributed by atoms with van der Waals surface area (Å²) in [6.45, 7) is 1.93. The SMILES string of the molecule is CS(=O)(=O)NCc1ccc(NC(=O)C2CCN(c3ccncc3)CC2)cc1. The second-order valence-corrected chi connectivity index (χ2v) is 8.58. The number of nitrogens with one attached hydrogen (secondary N) is 2. The molecule has 2 N–H and O–H groups in total. The van der Waals surface area contributed by atoms with Crippen LogP contribution < -0.4 is 14.9 Å². The Balaban J connectivity index is 1.49. The summed E-state index contributed by atoms with van der Waals surface area (Å²) in [6.07, 6.45) is 6.31. The molecule has 0 atom stereocenters. The number of sulfonamides is 1. The second-order valence-electron chi connectivity index (χ2n) is 6.75. The minimum absolute atomic E-state index is 0.00494. The largest absolute Gasteiger partial charge is 0.371 e. The predicted molar refractivity (Wildman–Crippen MR) is 106 cm³/mol. The van der Waals surface area contributed by atoms with Crippen LogP contribution in [-0.4, -0.2) is 38.7 Å². The van der Waals surface area contributed by atoms with Crippen molar-refractivity contribution in [2.24, 2.45) is 5.92 Å². The molecule has 3 rings (SSSR count). The molecule has 1 aliphatic heterocycles. The first-order valence-corrected chi connectivity index (χ1v) is 10.8. The summed E-state index contributed by atoms with van der Waals surface area (Å²) in [7, 11) is -3.22. The van der Waals surface area contributed by atoms with Gasteiger partial charge in [-0.15, -0.1) is 0 Å². The van der Waals surface area contributed by atoms with Crippen LogP contribution in [0.3, 0.4) is 0 Å². The van der Waals surface area contributed by atoms with Gasteiger partial charge in [-0.25, -0.2) is 13.1 Å². The zero-order valence-corrected chi connectivity index (χ0v) is 16.1. The van der Waals surface area contributed by atoms with Crippen molar-refractivity contribution in [3.63, 3.8) is 0 Å². The van der Waals surface area contributed by atoms with Gasteiger partial charge in [-0.05, 0) is 42.7 Å². The fourth-order valence-corrected chi connectivity index (χ4v) is 3.55. The molecule has 144 valence electrons. The average molecular weight is 388 g/mol. The first kappa shape index (κ1) is 19.3. The molecule has 0 saturated carbocycles. The molecule has 8 heteroatoms. The summed E-state index contributed by atoms with van der Waals surface area (Å²) < 4.78 is 24.7. The summed E-state index contributed by atoms with van der Waals surface area (Å²) in [6, 6.07) is 11.2. The van der Waals surface area contributed by atoms with Crippen molar-refractivity contribution in [3.05, 3.63) is 54.4 Å². The van der Waals surface area contributed by atoms with Gasteiger partial charge in [-0.1, -0.05) is 12.1 Å². The van der Waals surface area contributed by atoms with E-state index in [1.165, 1.54) is 0 Å². The van der Waals surface area contributed by atoms with E-state index >= 15 is 0 Å². The van der Waals surface area contributed by atoms with E-state index in [1.54, 1.807) is 36.7 Å². The van der Waals surface area contributed by atoms with Crippen LogP contribution in [0.15, 0.2) is 48.8 Å². The normalized spacial score (nSPS) is 15.5. The maximum atomic E-state index is 12.5. The molecular formula is C19H24N4O3S. The van der Waals surface area contributed by atoms with Crippen LogP contribution >= 0.6 is 0 Å². The van der Waals surface area contributed by atoms with Crippen LogP contribution in [0.25, 0.3) is 0 Å². The van der Waals surface area contributed by atoms with E-state index in [-0.39, 0.29) is 18.4 Å². The summed E-state index contributed by atoms with van der Waals surface area (Å²) in [5.41, 5.74) is 2.70. The lowest BCUT2D eigenvalue weighted by Gasteiger charge is -2.32. The highest BCUT2D eigenvalue weighted by molar-refractivity contribution is 7.88. The third-order valence-corrected chi connectivity index (χ3v) is 5.32. The number of aromatic nitrogens is 1. The number of anilines is 2. The molecule has 1 aromatic carbocycles. The van der Waals surface area contributed by atoms with Crippen LogP contribution in [0, 0.1) is 5.92 Å². The third-order valence-electron chi connectivity index (χ3n) is 4.65. The quantitative estimate of drug-likeness (QED) is 0.790. The Morgan fingerprint density at radius 2 is 1.74 bits per heavy atom. The zero-order valence-electron chi connectivity index (χ0n) is 15.3. The van der Waals surface area contributed by atoms with Crippen molar-refractivity contribution in [3.8, 4) is 0 Å². The molecule has 1 aromatic heterocycles. The standard InChI is InChI=1S/C19H24N4O3S/c1-27(25,26)21-14-15-2-4-17(5-3-15)22-19(24)16-8-12-23(13-9-16)18-6-10-20-11-7-18/h2-7,10-11,16,21H,8-9,12-14H2,1H3,(H,22,24). The van der Waals surface area contributed by atoms with E-state index in [4.69, 9.17) is 0 Å². The van der Waals surface area contributed by atoms with Gasteiger partial charge in [-0.2, -0.15) is 0 Å². The first-order chi connectivity index (χ1) is 12.9. The zero-order chi connectivity index (χ0) is 19.3. The maximum absolute atomic E-state index is 12.5. The molecule has 1 fully saturated rings. The smallest absolute Gasteiger partial charge is 0.227 e. The van der Waals surface area contributed by atoms with Crippen LogP contribution in [0.4, 0.5) is 11.4 Å². The molecule has 7 nitrogen and oxygen atoms in total. The van der Waals surface area contributed by atoms with Crippen molar-refractivity contribution in [2.45, 2.75) is 19.4 Å². The summed E-state index contributed by atoms with van der Waals surface area (Å²) in [5.74, 6) is 0.0288. The van der Waals surface area contributed by atoms with Gasteiger partial charge >= 0.3 is 0 Å². The lowest BCUT2D eigenvalue weighted by molar-refractivity contribution is -0.120. The van der Waals surface area contributed by atoms with Gasteiger partial charge in [0.15, 0.2) is 0 Å². The van der Waals surface area contributed by atoms with Crippen molar-refractivity contribution in [1.29, 1.82) is 0 Å². The van der Waals surface area contributed by atoms with Gasteiger partial charge in [0.05, 0.1) is 6.26 Å². The number of piperidine rings is 1. The second kappa shape index (κ2) is 8.49. The van der Waals surface area contributed by atoms with Crippen molar-refractivity contribution < 1.29 is 13.2 Å². The van der Waals surface area contributed by atoms with E-state index in [2.05, 4.69) is 19.9 Å². The molecule has 0 aliphatic carbocycles. The predicted octanol–water partition coefficient (Wildman–Crippen LogP) is 1.99. The topological polar surface area (TPSA) is 91.4 Å². The van der Waals surface area contributed by atoms with E-state index in [9.17, 15) is 13.2 Å². The molecule has 2 heterocycles. The molecule has 27 heavy (non-hydrogen) atoms. The number of rotatable bonds is 6. The number of hydrogen-bond donors (Lipinski definition) is 2. The molecule has 0 spiro atoms. The number of carbonyl (C=O) groups is 1. The molecule has 1 aliphatic rings. The highest BCUT2D eigenvalue weighted by Crippen LogP contribution is 2.24. The van der Waals surface area contributed by atoms with Crippen molar-refractivity contribution in [2.75, 3.05) is 29.6 Å². The molecule has 2 aromatic rings. The molecule has 1 saturated heterocycles. The fraction of sp³-hybridized carbons (Fsp3) is 0.368. The number of pyridine rings is 1. The van der Waals surface area contributed by atoms with E-state index in [0.717, 1.165) is 49.1 Å². The van der Waals surface area contributed by atoms with E-state index < -0.39 is 10.0 Å². The summed E-state index contributed by atoms with van der Waals surface area (Å²) >= 11 is 0. The highest BCUT2D eigenvalue weighted by atomic mass is 32.2. The van der Waals surface area contributed by atoms with E-state index in [0.29, 0.717) is 0 Å². The highest BCUT2D eigenvalue weighted by Gasteiger charge is 2.25. The molecule has 1 amide bonds. The van der Waals surface area contributed by atoms with Gasteiger partial charge in [0.1, 0.15) is 0 Å². The van der Waals surface area contributed by atoms with Crippen molar-refractivity contribution >= 4 is 27.3 Å². The molecule has 0 unspecified atom stereocenters. The lowest BCUT2D eigenvalue weighted by Crippen LogP contribution is -2.38. The molecule has 0 radical (unpaired) electrons. The van der Waals surface area contributed by atoms with Gasteiger partial charge < -0.3 is 10.2 Å². The number of amides is 1. The number of nitrogens with zero attached hydrogens (tertiary/aromatic N) is 2. The van der Waals surface area contributed by atoms with Crippen LogP contribution in [-0.2, 0) is 21.4 Å². The average Bonchev–Trinajstić information content (AvgIpc) is 2.68. The van der Waals surface area contributed by atoms with Gasteiger partial charge in [0.25, 0.3) is 0 Å². The Hall–Kier alpha value is -2.45. The van der Waals surface area contributed by atoms with Crippen LogP contribution in [0.2, 0.25) is 0 Å². The maximum Gasteiger partial charge on any atom is 0.227 e. The Bertz CT molecular complexity index is 862. The van der Waals surface area contributed by atoms with Gasteiger partial charge in [-0.3, -0.25) is 9.78 Å². The Morgan fingerprint density at radius 3 is 2.33 bits per heavy atom. The Morgan fingerprint density at radius 1 is 1.11 bits per heavy atom. The van der Waals surface area contributed by atoms with Gasteiger partial charge in [0, 0.05) is 49.3 Å². The third kappa shape index (κ3) is 5.77. The summed E-state index contributed by atoms with van der Waals surface area (Å²) in [5, 5.41) is 2.96. The first-order valence-electron chi connectivity index (χ1n) is 8.90. The van der Waals surface area contributed by atoms with Crippen LogP contribution in [0.5, 0.6) is 0 Å². The summed E-state index contributed by atoms with van der Waals surface area (Å²) in [4.78, 5) is 18.8. The molecular weight excluding hydrogens is 364 g/mol. The number of hydrogen-bond acceptors (Lipinski definition) is 5. The number of carbonyl (C=O) groups excluding carboxylic acids is 1. The van der Waals surface area contributed by atoms with Crippen LogP contribution in [0.1, 0.15) is 18.4 Å². The van der Waals surface area contributed by atoms with E-state index in [1.807, 2.05) is 12.1 Å². The molecule has 0 bridgehead atoms. The minimum atomic E-state index is -3.22. The number of benzene rings is 1.